The molecular formula is C24H23ClN6O5S. The van der Waals surface area contributed by atoms with Crippen LogP contribution in [0.4, 0.5) is 0 Å². The predicted molar refractivity (Wildman–Crippen MR) is 135 cm³/mol. The van der Waals surface area contributed by atoms with Crippen molar-refractivity contribution in [3.63, 3.8) is 0 Å². The van der Waals surface area contributed by atoms with Crippen LogP contribution in [-0.2, 0) is 16.6 Å². The van der Waals surface area contributed by atoms with E-state index in [2.05, 4.69) is 20.3 Å². The zero-order chi connectivity index (χ0) is 25.6. The van der Waals surface area contributed by atoms with E-state index in [0.717, 1.165) is 5.56 Å². The summed E-state index contributed by atoms with van der Waals surface area (Å²) in [6, 6.07) is 12.0. The highest BCUT2D eigenvalue weighted by atomic mass is 35.5. The summed E-state index contributed by atoms with van der Waals surface area (Å²) >= 11 is 6.30. The smallest absolute Gasteiger partial charge is 0.281 e. The lowest BCUT2D eigenvalue weighted by molar-refractivity contribution is 0.171. The van der Waals surface area contributed by atoms with Gasteiger partial charge in [0.15, 0.2) is 22.7 Å². The number of aromatic amines is 1. The molecule has 1 saturated heterocycles. The second-order valence-electron chi connectivity index (χ2n) is 8.97. The number of hydrogen-bond donors (Lipinski definition) is 1. The zero-order valence-electron chi connectivity index (χ0n) is 19.6. The first-order valence-electron chi connectivity index (χ1n) is 11.9. The molecule has 4 aromatic rings. The van der Waals surface area contributed by atoms with E-state index in [9.17, 15) is 13.2 Å². The number of sulfonamides is 1. The third-order valence-electron chi connectivity index (χ3n) is 6.59. The van der Waals surface area contributed by atoms with Gasteiger partial charge in [-0.15, -0.1) is 5.10 Å². The van der Waals surface area contributed by atoms with Crippen LogP contribution in [0.1, 0.15) is 30.1 Å². The van der Waals surface area contributed by atoms with Gasteiger partial charge >= 0.3 is 0 Å². The van der Waals surface area contributed by atoms with Crippen LogP contribution in [0.5, 0.6) is 11.5 Å². The van der Waals surface area contributed by atoms with Crippen molar-refractivity contribution in [2.24, 2.45) is 0 Å². The van der Waals surface area contributed by atoms with E-state index in [0.29, 0.717) is 67.1 Å². The maximum atomic E-state index is 13.5. The molecule has 0 amide bonds. The monoisotopic (exact) mass is 542 g/mol. The van der Waals surface area contributed by atoms with Gasteiger partial charge in [0.05, 0.1) is 11.4 Å². The second kappa shape index (κ2) is 9.43. The molecule has 2 aromatic carbocycles. The number of benzene rings is 2. The lowest BCUT2D eigenvalue weighted by Gasteiger charge is -2.31. The Morgan fingerprint density at radius 1 is 1.11 bits per heavy atom. The SMILES string of the molecule is O=c1[nH]c([C@@H]2CCCN(S(=O)(=O)c3ccc4c(c3)OCCO4)C2)nc2c1nnn2Cc1ccccc1Cl. The van der Waals surface area contributed by atoms with Crippen molar-refractivity contribution in [3.05, 3.63) is 69.2 Å². The van der Waals surface area contributed by atoms with Crippen LogP contribution >= 0.6 is 11.6 Å². The van der Waals surface area contributed by atoms with Gasteiger partial charge in [0.2, 0.25) is 10.0 Å². The summed E-state index contributed by atoms with van der Waals surface area (Å²) in [6.45, 7) is 1.63. The number of fused-ring (bicyclic) bond motifs is 2. The maximum Gasteiger partial charge on any atom is 0.281 e. The molecule has 11 nitrogen and oxygen atoms in total. The summed E-state index contributed by atoms with van der Waals surface area (Å²) in [6.07, 6.45) is 1.29. The van der Waals surface area contributed by atoms with Crippen molar-refractivity contribution >= 4 is 32.8 Å². The number of aromatic nitrogens is 5. The molecule has 2 aliphatic heterocycles. The number of ether oxygens (including phenoxy) is 2. The van der Waals surface area contributed by atoms with Gasteiger partial charge in [-0.05, 0) is 36.6 Å². The lowest BCUT2D eigenvalue weighted by Crippen LogP contribution is -2.40. The van der Waals surface area contributed by atoms with E-state index in [1.165, 1.54) is 21.1 Å². The minimum Gasteiger partial charge on any atom is -0.486 e. The minimum absolute atomic E-state index is 0.118. The Balaban J connectivity index is 1.29. The number of piperidine rings is 1. The standard InChI is InChI=1S/C24H23ClN6O5S/c25-18-6-2-1-4-15(18)14-31-23-21(28-29-31)24(32)27-22(26-23)16-5-3-9-30(13-16)37(33,34)17-7-8-19-20(12-17)36-11-10-35-19/h1-2,4,6-8,12,16H,3,5,9-11,13-14H2,(H,26,27,32)/t16-/m1/s1. The molecule has 192 valence electrons. The molecule has 4 heterocycles. The van der Waals surface area contributed by atoms with Crippen molar-refractivity contribution in [2.45, 2.75) is 30.2 Å². The molecule has 13 heteroatoms. The fourth-order valence-corrected chi connectivity index (χ4v) is 6.42. The fraction of sp³-hybridized carbons (Fsp3) is 0.333. The van der Waals surface area contributed by atoms with E-state index in [-0.39, 0.29) is 22.9 Å². The fourth-order valence-electron chi connectivity index (χ4n) is 4.69. The topological polar surface area (TPSA) is 132 Å². The summed E-state index contributed by atoms with van der Waals surface area (Å²) in [7, 11) is -3.80. The summed E-state index contributed by atoms with van der Waals surface area (Å²) in [5, 5.41) is 8.67. The van der Waals surface area contributed by atoms with E-state index in [1.54, 1.807) is 12.1 Å². The highest BCUT2D eigenvalue weighted by molar-refractivity contribution is 7.89. The molecule has 1 atom stereocenters. The Kier molecular flexibility index (Phi) is 6.09. The van der Waals surface area contributed by atoms with Crippen LogP contribution in [0.25, 0.3) is 11.2 Å². The Morgan fingerprint density at radius 2 is 1.92 bits per heavy atom. The van der Waals surface area contributed by atoms with Gasteiger partial charge in [0.25, 0.3) is 5.56 Å². The average Bonchev–Trinajstić information content (AvgIpc) is 3.33. The maximum absolute atomic E-state index is 13.5. The highest BCUT2D eigenvalue weighted by Crippen LogP contribution is 2.35. The molecule has 2 aromatic heterocycles. The number of halogens is 1. The van der Waals surface area contributed by atoms with E-state index >= 15 is 0 Å². The number of rotatable bonds is 5. The Labute approximate surface area is 217 Å². The van der Waals surface area contributed by atoms with Crippen LogP contribution in [0.2, 0.25) is 5.02 Å². The zero-order valence-corrected chi connectivity index (χ0v) is 21.2. The van der Waals surface area contributed by atoms with Crippen molar-refractivity contribution in [2.75, 3.05) is 26.3 Å². The molecule has 0 spiro atoms. The molecule has 2 aliphatic rings. The van der Waals surface area contributed by atoms with Gasteiger partial charge in [-0.1, -0.05) is 35.0 Å². The molecular weight excluding hydrogens is 520 g/mol. The highest BCUT2D eigenvalue weighted by Gasteiger charge is 2.33. The van der Waals surface area contributed by atoms with Gasteiger partial charge < -0.3 is 14.5 Å². The molecule has 0 saturated carbocycles. The quantitative estimate of drug-likeness (QED) is 0.407. The molecule has 6 rings (SSSR count). The molecule has 0 aliphatic carbocycles. The number of hydrogen-bond acceptors (Lipinski definition) is 8. The number of H-pyrrole nitrogens is 1. The minimum atomic E-state index is -3.80. The Hall–Kier alpha value is -3.48. The molecule has 37 heavy (non-hydrogen) atoms. The number of nitrogens with zero attached hydrogens (tertiary/aromatic N) is 5. The first-order valence-corrected chi connectivity index (χ1v) is 13.7. The van der Waals surface area contributed by atoms with Crippen LogP contribution in [0.15, 0.2) is 52.2 Å². The van der Waals surface area contributed by atoms with E-state index < -0.39 is 15.6 Å². The van der Waals surface area contributed by atoms with E-state index in [4.69, 9.17) is 21.1 Å². The third kappa shape index (κ3) is 4.45. The first-order chi connectivity index (χ1) is 17.9. The normalized spacial score (nSPS) is 18.2. The average molecular weight is 543 g/mol. The molecule has 0 unspecified atom stereocenters. The van der Waals surface area contributed by atoms with Crippen LogP contribution in [0, 0.1) is 0 Å². The van der Waals surface area contributed by atoms with Gasteiger partial charge in [0.1, 0.15) is 19.0 Å². The van der Waals surface area contributed by atoms with Crippen molar-refractivity contribution in [3.8, 4) is 11.5 Å². The third-order valence-corrected chi connectivity index (χ3v) is 8.82. The first kappa shape index (κ1) is 23.9. The van der Waals surface area contributed by atoms with Gasteiger partial charge in [0, 0.05) is 30.1 Å². The summed E-state index contributed by atoms with van der Waals surface area (Å²) in [5.41, 5.74) is 0.837. The second-order valence-corrected chi connectivity index (χ2v) is 11.3. The van der Waals surface area contributed by atoms with Crippen molar-refractivity contribution < 1.29 is 17.9 Å². The van der Waals surface area contributed by atoms with Crippen molar-refractivity contribution in [1.29, 1.82) is 0 Å². The van der Waals surface area contributed by atoms with Crippen molar-refractivity contribution in [1.82, 2.24) is 29.3 Å². The number of nitrogens with one attached hydrogen (secondary N) is 1. The molecule has 0 bridgehead atoms. The molecule has 1 N–H and O–H groups in total. The van der Waals surface area contributed by atoms with Gasteiger partial charge in [-0.25, -0.2) is 18.1 Å². The van der Waals surface area contributed by atoms with Gasteiger partial charge in [-0.3, -0.25) is 4.79 Å². The predicted octanol–water partition coefficient (Wildman–Crippen LogP) is 2.56. The lowest BCUT2D eigenvalue weighted by atomic mass is 9.99. The van der Waals surface area contributed by atoms with Crippen LogP contribution < -0.4 is 15.0 Å². The largest absolute Gasteiger partial charge is 0.486 e. The van der Waals surface area contributed by atoms with E-state index in [1.807, 2.05) is 18.2 Å². The molecule has 1 fully saturated rings. The van der Waals surface area contributed by atoms with Crippen LogP contribution in [0.3, 0.4) is 0 Å². The van der Waals surface area contributed by atoms with Gasteiger partial charge in [-0.2, -0.15) is 4.31 Å². The Bertz CT molecular complexity index is 1650. The summed E-state index contributed by atoms with van der Waals surface area (Å²) in [5.74, 6) is 1.04. The molecule has 0 radical (unpaired) electrons. The van der Waals surface area contributed by atoms with Crippen LogP contribution in [-0.4, -0.2) is 64.0 Å². The Morgan fingerprint density at radius 3 is 2.76 bits per heavy atom. The summed E-state index contributed by atoms with van der Waals surface area (Å²) < 4.78 is 41.0. The summed E-state index contributed by atoms with van der Waals surface area (Å²) in [4.78, 5) is 20.4.